The minimum absolute atomic E-state index is 0.221. The maximum absolute atomic E-state index is 6.29. The fourth-order valence-corrected chi connectivity index (χ4v) is 3.96. The van der Waals surface area contributed by atoms with Gasteiger partial charge in [0.2, 0.25) is 0 Å². The van der Waals surface area contributed by atoms with Crippen LogP contribution in [0.1, 0.15) is 51.1 Å². The first-order chi connectivity index (χ1) is 11.8. The number of piperidine rings is 1. The van der Waals surface area contributed by atoms with Gasteiger partial charge in [0.1, 0.15) is 5.75 Å². The summed E-state index contributed by atoms with van der Waals surface area (Å²) >= 11 is 0. The lowest BCUT2D eigenvalue weighted by Crippen LogP contribution is -2.43. The zero-order chi connectivity index (χ0) is 16.9. The predicted octanol–water partition coefficient (Wildman–Crippen LogP) is 4.50. The van der Waals surface area contributed by atoms with Gasteiger partial charge in [-0.05, 0) is 49.6 Å². The molecule has 3 heteroatoms. The Labute approximate surface area is 145 Å². The van der Waals surface area contributed by atoms with Crippen LogP contribution in [0.3, 0.4) is 0 Å². The summed E-state index contributed by atoms with van der Waals surface area (Å²) in [6, 6.07) is 13.7. The second-order valence-electron chi connectivity index (χ2n) is 6.88. The van der Waals surface area contributed by atoms with Gasteiger partial charge in [-0.1, -0.05) is 43.7 Å². The van der Waals surface area contributed by atoms with Crippen LogP contribution in [0.5, 0.6) is 5.75 Å². The van der Waals surface area contributed by atoms with Gasteiger partial charge in [0.15, 0.2) is 0 Å². The lowest BCUT2D eigenvalue weighted by molar-refractivity contribution is 0.107. The molecule has 2 aromatic carbocycles. The van der Waals surface area contributed by atoms with Crippen LogP contribution in [0.4, 0.5) is 0 Å². The Kier molecular flexibility index (Phi) is 5.75. The summed E-state index contributed by atoms with van der Waals surface area (Å²) in [6.07, 6.45) is 4.85. The van der Waals surface area contributed by atoms with Gasteiger partial charge < -0.3 is 10.5 Å². The van der Waals surface area contributed by atoms with Gasteiger partial charge in [0.25, 0.3) is 0 Å². The van der Waals surface area contributed by atoms with Crippen molar-refractivity contribution in [1.82, 2.24) is 4.90 Å². The lowest BCUT2D eigenvalue weighted by Gasteiger charge is -2.40. The van der Waals surface area contributed by atoms with Crippen LogP contribution in [0, 0.1) is 0 Å². The third-order valence-corrected chi connectivity index (χ3v) is 5.20. The van der Waals surface area contributed by atoms with Gasteiger partial charge in [0, 0.05) is 18.2 Å². The van der Waals surface area contributed by atoms with Crippen molar-refractivity contribution in [2.45, 2.75) is 51.6 Å². The zero-order valence-corrected chi connectivity index (χ0v) is 15.0. The quantitative estimate of drug-likeness (QED) is 0.849. The largest absolute Gasteiger partial charge is 0.493 e. The Morgan fingerprint density at radius 2 is 2.04 bits per heavy atom. The SMILES string of the molecule is CCCOc1ccc2ccccc2c1C(CN)N1CCCCC1C. The molecule has 2 N–H and O–H groups in total. The topological polar surface area (TPSA) is 38.5 Å². The smallest absolute Gasteiger partial charge is 0.124 e. The molecule has 1 saturated heterocycles. The van der Waals surface area contributed by atoms with Crippen LogP contribution >= 0.6 is 0 Å². The molecule has 1 heterocycles. The lowest BCUT2D eigenvalue weighted by atomic mass is 9.93. The van der Waals surface area contributed by atoms with Crippen LogP contribution < -0.4 is 10.5 Å². The van der Waals surface area contributed by atoms with Crippen molar-refractivity contribution in [2.24, 2.45) is 5.73 Å². The molecular formula is C21H30N2O. The van der Waals surface area contributed by atoms with Gasteiger partial charge in [-0.25, -0.2) is 0 Å². The molecule has 0 aliphatic carbocycles. The Morgan fingerprint density at radius 1 is 1.21 bits per heavy atom. The van der Waals surface area contributed by atoms with Crippen LogP contribution in [0.25, 0.3) is 10.8 Å². The van der Waals surface area contributed by atoms with E-state index < -0.39 is 0 Å². The van der Waals surface area contributed by atoms with Gasteiger partial charge in [-0.15, -0.1) is 0 Å². The number of benzene rings is 2. The minimum atomic E-state index is 0.221. The monoisotopic (exact) mass is 326 g/mol. The Bertz CT molecular complexity index is 670. The van der Waals surface area contributed by atoms with Crippen LogP contribution in [0.2, 0.25) is 0 Å². The van der Waals surface area contributed by atoms with Crippen molar-refractivity contribution in [3.63, 3.8) is 0 Å². The first-order valence-electron chi connectivity index (χ1n) is 9.36. The fourth-order valence-electron chi connectivity index (χ4n) is 3.96. The first-order valence-corrected chi connectivity index (χ1v) is 9.36. The third-order valence-electron chi connectivity index (χ3n) is 5.20. The van der Waals surface area contributed by atoms with Gasteiger partial charge in [-0.2, -0.15) is 0 Å². The molecule has 2 aromatic rings. The minimum Gasteiger partial charge on any atom is -0.493 e. The summed E-state index contributed by atoms with van der Waals surface area (Å²) in [5.74, 6) is 1.00. The van der Waals surface area contributed by atoms with Crippen molar-refractivity contribution in [3.05, 3.63) is 42.0 Å². The van der Waals surface area contributed by atoms with E-state index in [9.17, 15) is 0 Å². The summed E-state index contributed by atoms with van der Waals surface area (Å²) in [6.45, 7) is 6.98. The van der Waals surface area contributed by atoms with E-state index in [1.54, 1.807) is 0 Å². The van der Waals surface area contributed by atoms with Gasteiger partial charge in [0.05, 0.1) is 12.6 Å². The molecule has 1 fully saturated rings. The Balaban J connectivity index is 2.09. The molecule has 2 unspecified atom stereocenters. The average Bonchev–Trinajstić information content (AvgIpc) is 2.62. The summed E-state index contributed by atoms with van der Waals surface area (Å²) in [5.41, 5.74) is 7.56. The van der Waals surface area contributed by atoms with E-state index in [0.717, 1.165) is 25.3 Å². The van der Waals surface area contributed by atoms with Crippen LogP contribution in [0.15, 0.2) is 36.4 Å². The maximum atomic E-state index is 6.29. The summed E-state index contributed by atoms with van der Waals surface area (Å²) < 4.78 is 6.12. The number of hydrogen-bond donors (Lipinski definition) is 1. The number of nitrogens with two attached hydrogens (primary N) is 1. The summed E-state index contributed by atoms with van der Waals surface area (Å²) in [4.78, 5) is 2.59. The standard InChI is InChI=1S/C21H30N2O/c1-3-14-24-20-12-11-17-9-4-5-10-18(17)21(20)19(15-22)23-13-7-6-8-16(23)2/h4-5,9-12,16,19H,3,6-8,13-15,22H2,1-2H3. The molecule has 0 spiro atoms. The second kappa shape index (κ2) is 8.00. The van der Waals surface area contributed by atoms with E-state index in [1.807, 2.05) is 0 Å². The molecule has 0 aromatic heterocycles. The molecule has 130 valence electrons. The van der Waals surface area contributed by atoms with Crippen molar-refractivity contribution in [2.75, 3.05) is 19.7 Å². The number of hydrogen-bond acceptors (Lipinski definition) is 3. The number of fused-ring (bicyclic) bond motifs is 1. The predicted molar refractivity (Wildman–Crippen MR) is 102 cm³/mol. The van der Waals surface area contributed by atoms with Crippen LogP contribution in [-0.2, 0) is 0 Å². The first kappa shape index (κ1) is 17.2. The highest BCUT2D eigenvalue weighted by Gasteiger charge is 2.29. The Morgan fingerprint density at radius 3 is 2.79 bits per heavy atom. The summed E-state index contributed by atoms with van der Waals surface area (Å²) in [5, 5.41) is 2.54. The Hall–Kier alpha value is -1.58. The molecule has 1 aliphatic rings. The third kappa shape index (κ3) is 3.42. The van der Waals surface area contributed by atoms with E-state index in [4.69, 9.17) is 10.5 Å². The maximum Gasteiger partial charge on any atom is 0.124 e. The highest BCUT2D eigenvalue weighted by molar-refractivity contribution is 5.88. The number of ether oxygens (including phenoxy) is 1. The summed E-state index contributed by atoms with van der Waals surface area (Å²) in [7, 11) is 0. The van der Waals surface area contributed by atoms with Crippen molar-refractivity contribution < 1.29 is 4.74 Å². The van der Waals surface area contributed by atoms with Crippen LogP contribution in [-0.4, -0.2) is 30.6 Å². The van der Waals surface area contributed by atoms with E-state index in [-0.39, 0.29) is 6.04 Å². The van der Waals surface area contributed by atoms with Crippen molar-refractivity contribution in [3.8, 4) is 5.75 Å². The molecule has 1 aliphatic heterocycles. The molecule has 0 radical (unpaired) electrons. The highest BCUT2D eigenvalue weighted by atomic mass is 16.5. The van der Waals surface area contributed by atoms with Crippen molar-refractivity contribution >= 4 is 10.8 Å². The molecule has 3 rings (SSSR count). The molecule has 24 heavy (non-hydrogen) atoms. The highest BCUT2D eigenvalue weighted by Crippen LogP contribution is 2.38. The second-order valence-corrected chi connectivity index (χ2v) is 6.88. The normalized spacial score (nSPS) is 20.2. The molecule has 2 atom stereocenters. The van der Waals surface area contributed by atoms with Gasteiger partial charge >= 0.3 is 0 Å². The fraction of sp³-hybridized carbons (Fsp3) is 0.524. The molecule has 0 saturated carbocycles. The van der Waals surface area contributed by atoms with E-state index in [1.165, 1.54) is 35.6 Å². The van der Waals surface area contributed by atoms with E-state index >= 15 is 0 Å². The number of likely N-dealkylation sites (tertiary alicyclic amines) is 1. The van der Waals surface area contributed by atoms with E-state index in [0.29, 0.717) is 12.6 Å². The van der Waals surface area contributed by atoms with Crippen molar-refractivity contribution in [1.29, 1.82) is 0 Å². The number of nitrogens with zero attached hydrogens (tertiary/aromatic N) is 1. The zero-order valence-electron chi connectivity index (χ0n) is 15.0. The molecule has 3 nitrogen and oxygen atoms in total. The molecule has 0 bridgehead atoms. The number of rotatable bonds is 6. The average molecular weight is 326 g/mol. The molecular weight excluding hydrogens is 296 g/mol. The van der Waals surface area contributed by atoms with Gasteiger partial charge in [-0.3, -0.25) is 4.90 Å². The molecule has 0 amide bonds. The van der Waals surface area contributed by atoms with E-state index in [2.05, 4.69) is 55.1 Å².